The first-order chi connectivity index (χ1) is 7.56. The van der Waals surface area contributed by atoms with E-state index in [1.807, 2.05) is 19.2 Å². The number of pyridine rings is 1. The molecule has 1 N–H and O–H groups in total. The normalized spacial score (nSPS) is 11.4. The Morgan fingerprint density at radius 2 is 2.31 bits per heavy atom. The quantitative estimate of drug-likeness (QED) is 0.815. The molecule has 2 aromatic heterocycles. The van der Waals surface area contributed by atoms with Gasteiger partial charge >= 0.3 is 5.97 Å². The molecule has 0 atom stereocenters. The van der Waals surface area contributed by atoms with E-state index >= 15 is 0 Å². The van der Waals surface area contributed by atoms with Gasteiger partial charge < -0.3 is 9.51 Å². The molecule has 0 saturated heterocycles. The van der Waals surface area contributed by atoms with Gasteiger partial charge in [-0.15, -0.1) is 0 Å². The minimum Gasteiger partial charge on any atom is -0.478 e. The van der Waals surface area contributed by atoms with E-state index in [0.717, 1.165) is 11.6 Å². The predicted molar refractivity (Wildman–Crippen MR) is 61.6 cm³/mol. The van der Waals surface area contributed by atoms with Gasteiger partial charge in [-0.25, -0.2) is 9.78 Å². The highest BCUT2D eigenvalue weighted by Crippen LogP contribution is 2.18. The summed E-state index contributed by atoms with van der Waals surface area (Å²) >= 11 is 6.01. The van der Waals surface area contributed by atoms with Crippen LogP contribution in [0.4, 0.5) is 0 Å². The van der Waals surface area contributed by atoms with Crippen LogP contribution in [-0.4, -0.2) is 20.5 Å². The molecular weight excluding hydrogens is 228 g/mol. The van der Waals surface area contributed by atoms with Crippen LogP contribution in [-0.2, 0) is 4.79 Å². The van der Waals surface area contributed by atoms with Gasteiger partial charge in [-0.05, 0) is 24.6 Å². The van der Waals surface area contributed by atoms with E-state index in [-0.39, 0.29) is 0 Å². The van der Waals surface area contributed by atoms with Crippen LogP contribution in [0.2, 0.25) is 5.02 Å². The first kappa shape index (κ1) is 10.7. The van der Waals surface area contributed by atoms with E-state index in [4.69, 9.17) is 16.7 Å². The number of nitrogens with zero attached hydrogens (tertiary/aromatic N) is 2. The zero-order valence-electron chi connectivity index (χ0n) is 8.51. The van der Waals surface area contributed by atoms with Crippen LogP contribution < -0.4 is 0 Å². The molecule has 0 fully saturated rings. The Morgan fingerprint density at radius 1 is 1.56 bits per heavy atom. The Hall–Kier alpha value is -1.81. The monoisotopic (exact) mass is 236 g/mol. The number of imidazole rings is 1. The van der Waals surface area contributed by atoms with Gasteiger partial charge in [0.2, 0.25) is 0 Å². The lowest BCUT2D eigenvalue weighted by molar-refractivity contribution is -0.131. The van der Waals surface area contributed by atoms with E-state index in [1.54, 1.807) is 10.6 Å². The second-order valence-electron chi connectivity index (χ2n) is 3.43. The first-order valence-electron chi connectivity index (χ1n) is 4.62. The van der Waals surface area contributed by atoms with Gasteiger partial charge in [0.25, 0.3) is 0 Å². The van der Waals surface area contributed by atoms with Crippen LogP contribution in [0.3, 0.4) is 0 Å². The second kappa shape index (κ2) is 3.98. The third-order valence-corrected chi connectivity index (χ3v) is 2.34. The molecular formula is C11H9ClN2O2. The zero-order valence-corrected chi connectivity index (χ0v) is 9.27. The topological polar surface area (TPSA) is 54.6 Å². The molecule has 5 heteroatoms. The summed E-state index contributed by atoms with van der Waals surface area (Å²) in [7, 11) is 0. The predicted octanol–water partition coefficient (Wildman–Crippen LogP) is 2.39. The van der Waals surface area contributed by atoms with Crippen molar-refractivity contribution >= 4 is 29.3 Å². The number of carboxylic acids is 1. The zero-order chi connectivity index (χ0) is 11.7. The van der Waals surface area contributed by atoms with Crippen molar-refractivity contribution in [2.24, 2.45) is 0 Å². The summed E-state index contributed by atoms with van der Waals surface area (Å²) in [5.74, 6) is -1.00. The van der Waals surface area contributed by atoms with E-state index in [1.165, 1.54) is 6.08 Å². The van der Waals surface area contributed by atoms with Crippen molar-refractivity contribution in [2.75, 3.05) is 0 Å². The minimum absolute atomic E-state index is 0.551. The highest BCUT2D eigenvalue weighted by atomic mass is 35.5. The molecule has 0 aliphatic rings. The highest BCUT2D eigenvalue weighted by molar-refractivity contribution is 6.33. The second-order valence-corrected chi connectivity index (χ2v) is 3.84. The number of hydrogen-bond donors (Lipinski definition) is 1. The molecule has 0 spiro atoms. The summed E-state index contributed by atoms with van der Waals surface area (Å²) in [6, 6.07) is 1.81. The highest BCUT2D eigenvalue weighted by Gasteiger charge is 2.04. The summed E-state index contributed by atoms with van der Waals surface area (Å²) in [5.41, 5.74) is 2.20. The number of halogens is 1. The maximum atomic E-state index is 10.4. The molecule has 2 aromatic rings. The summed E-state index contributed by atoms with van der Waals surface area (Å²) in [6.45, 7) is 1.93. The number of hydrogen-bond acceptors (Lipinski definition) is 2. The van der Waals surface area contributed by atoms with Crippen LogP contribution in [0.25, 0.3) is 11.7 Å². The Bertz CT molecular complexity index is 587. The first-order valence-corrected chi connectivity index (χ1v) is 5.00. The minimum atomic E-state index is -1.00. The summed E-state index contributed by atoms with van der Waals surface area (Å²) in [5, 5.41) is 9.05. The molecule has 0 amide bonds. The third kappa shape index (κ3) is 2.06. The summed E-state index contributed by atoms with van der Waals surface area (Å²) < 4.78 is 1.78. The van der Waals surface area contributed by atoms with Crippen molar-refractivity contribution in [3.8, 4) is 0 Å². The fourth-order valence-electron chi connectivity index (χ4n) is 1.45. The van der Waals surface area contributed by atoms with Crippen molar-refractivity contribution < 1.29 is 9.90 Å². The number of aromatic nitrogens is 2. The Kier molecular flexibility index (Phi) is 2.66. The van der Waals surface area contributed by atoms with Gasteiger partial charge in [-0.1, -0.05) is 11.6 Å². The van der Waals surface area contributed by atoms with Crippen LogP contribution in [0.15, 0.2) is 24.5 Å². The van der Waals surface area contributed by atoms with Crippen molar-refractivity contribution in [3.05, 3.63) is 40.8 Å². The van der Waals surface area contributed by atoms with Crippen LogP contribution in [0, 0.1) is 6.92 Å². The van der Waals surface area contributed by atoms with Crippen LogP contribution >= 0.6 is 11.6 Å². The van der Waals surface area contributed by atoms with Gasteiger partial charge in [0.15, 0.2) is 5.65 Å². The molecule has 4 nitrogen and oxygen atoms in total. The molecule has 82 valence electrons. The molecule has 0 saturated carbocycles. The Labute approximate surface area is 96.8 Å². The van der Waals surface area contributed by atoms with Gasteiger partial charge in [0.05, 0.1) is 10.7 Å². The van der Waals surface area contributed by atoms with E-state index in [9.17, 15) is 4.79 Å². The van der Waals surface area contributed by atoms with Crippen molar-refractivity contribution in [3.63, 3.8) is 0 Å². The fraction of sp³-hybridized carbons (Fsp3) is 0.0909. The van der Waals surface area contributed by atoms with Crippen molar-refractivity contribution in [1.29, 1.82) is 0 Å². The lowest BCUT2D eigenvalue weighted by Gasteiger charge is -1.97. The largest absolute Gasteiger partial charge is 0.478 e. The number of aryl methyl sites for hydroxylation is 1. The van der Waals surface area contributed by atoms with Crippen LogP contribution in [0.1, 0.15) is 11.3 Å². The number of rotatable bonds is 2. The Morgan fingerprint density at radius 3 is 3.00 bits per heavy atom. The molecule has 0 aliphatic heterocycles. The molecule has 2 rings (SSSR count). The number of carboxylic acid groups (broad SMARTS) is 1. The lowest BCUT2D eigenvalue weighted by atomic mass is 10.3. The molecule has 0 unspecified atom stereocenters. The van der Waals surface area contributed by atoms with Crippen molar-refractivity contribution in [1.82, 2.24) is 9.38 Å². The Balaban J connectivity index is 2.52. The molecule has 0 radical (unpaired) electrons. The molecule has 16 heavy (non-hydrogen) atoms. The average Bonchev–Trinajstić information content (AvgIpc) is 2.57. The molecule has 0 aromatic carbocycles. The fourth-order valence-corrected chi connectivity index (χ4v) is 1.76. The number of fused-ring (bicyclic) bond motifs is 1. The van der Waals surface area contributed by atoms with E-state index in [0.29, 0.717) is 16.4 Å². The molecule has 2 heterocycles. The maximum Gasteiger partial charge on any atom is 0.328 e. The average molecular weight is 237 g/mol. The maximum absolute atomic E-state index is 10.4. The smallest absolute Gasteiger partial charge is 0.328 e. The van der Waals surface area contributed by atoms with Gasteiger partial charge in [0.1, 0.15) is 0 Å². The summed E-state index contributed by atoms with van der Waals surface area (Å²) in [6.07, 6.45) is 6.09. The standard InChI is InChI=1S/C11H9ClN2O2/c1-7-4-9(12)11-13-8(2-3-10(15)16)6-14(11)5-7/h2-6H,1H3,(H,15,16)/b3-2+. The van der Waals surface area contributed by atoms with Crippen LogP contribution in [0.5, 0.6) is 0 Å². The van der Waals surface area contributed by atoms with Gasteiger partial charge in [-0.2, -0.15) is 0 Å². The van der Waals surface area contributed by atoms with E-state index in [2.05, 4.69) is 4.98 Å². The van der Waals surface area contributed by atoms with Gasteiger partial charge in [-0.3, -0.25) is 0 Å². The SMILES string of the molecule is Cc1cc(Cl)c2nc(/C=C/C(=O)O)cn2c1. The van der Waals surface area contributed by atoms with E-state index < -0.39 is 5.97 Å². The lowest BCUT2D eigenvalue weighted by Crippen LogP contribution is -1.85. The van der Waals surface area contributed by atoms with Gasteiger partial charge in [0, 0.05) is 18.5 Å². The molecule has 0 aliphatic carbocycles. The molecule has 0 bridgehead atoms. The summed E-state index contributed by atoms with van der Waals surface area (Å²) in [4.78, 5) is 14.6. The number of carbonyl (C=O) groups is 1. The third-order valence-electron chi connectivity index (χ3n) is 2.06. The van der Waals surface area contributed by atoms with Crippen molar-refractivity contribution in [2.45, 2.75) is 6.92 Å². The number of aliphatic carboxylic acids is 1.